The number of hydrogen-bond donors (Lipinski definition) is 1. The summed E-state index contributed by atoms with van der Waals surface area (Å²) in [6.45, 7) is 0.777. The minimum atomic E-state index is -0.510. The predicted octanol–water partition coefficient (Wildman–Crippen LogP) is 1.67. The highest BCUT2D eigenvalue weighted by atomic mass is 19.1. The predicted molar refractivity (Wildman–Crippen MR) is 54.3 cm³/mol. The van der Waals surface area contributed by atoms with Crippen molar-refractivity contribution in [3.63, 3.8) is 0 Å². The molecule has 1 aromatic rings. The maximum atomic E-state index is 13.5. The van der Waals surface area contributed by atoms with Crippen molar-refractivity contribution >= 4 is 0 Å². The summed E-state index contributed by atoms with van der Waals surface area (Å²) in [5, 5.41) is 0. The number of likely N-dealkylation sites (N-methyl/N-ethyl adjacent to an activating group) is 1. The normalized spacial score (nSPS) is 27.2. The molecule has 0 amide bonds. The number of nitrogens with two attached hydrogens (primary N) is 1. The largest absolute Gasteiger partial charge is 0.326 e. The number of hydrogen-bond acceptors (Lipinski definition) is 2. The molecule has 1 fully saturated rings. The summed E-state index contributed by atoms with van der Waals surface area (Å²) >= 11 is 0. The van der Waals surface area contributed by atoms with E-state index in [0.29, 0.717) is 0 Å². The smallest absolute Gasteiger partial charge is 0.130 e. The average molecular weight is 212 g/mol. The second-order valence-corrected chi connectivity index (χ2v) is 4.01. The van der Waals surface area contributed by atoms with Crippen molar-refractivity contribution in [1.82, 2.24) is 4.90 Å². The highest BCUT2D eigenvalue weighted by molar-refractivity contribution is 5.25. The molecule has 2 rings (SSSR count). The average Bonchev–Trinajstić information content (AvgIpc) is 2.49. The van der Waals surface area contributed by atoms with Crippen LogP contribution in [0.1, 0.15) is 18.0 Å². The molecule has 0 saturated carbocycles. The third-order valence-electron chi connectivity index (χ3n) is 2.99. The van der Waals surface area contributed by atoms with Crippen LogP contribution >= 0.6 is 0 Å². The molecule has 4 heteroatoms. The lowest BCUT2D eigenvalue weighted by Crippen LogP contribution is -2.31. The quantitative estimate of drug-likeness (QED) is 0.767. The summed E-state index contributed by atoms with van der Waals surface area (Å²) in [7, 11) is 1.84. The molecule has 2 unspecified atom stereocenters. The zero-order valence-electron chi connectivity index (χ0n) is 8.58. The molecule has 15 heavy (non-hydrogen) atoms. The van der Waals surface area contributed by atoms with Crippen molar-refractivity contribution in [1.29, 1.82) is 0 Å². The van der Waals surface area contributed by atoms with E-state index < -0.39 is 11.6 Å². The van der Waals surface area contributed by atoms with Gasteiger partial charge in [0.2, 0.25) is 0 Å². The Labute approximate surface area is 87.7 Å². The van der Waals surface area contributed by atoms with Crippen LogP contribution in [0.5, 0.6) is 0 Å². The van der Waals surface area contributed by atoms with Gasteiger partial charge in [0.15, 0.2) is 0 Å². The Morgan fingerprint density at radius 2 is 1.93 bits per heavy atom. The molecule has 82 valence electrons. The van der Waals surface area contributed by atoms with E-state index >= 15 is 0 Å². The van der Waals surface area contributed by atoms with Crippen LogP contribution in [0.3, 0.4) is 0 Å². The maximum absolute atomic E-state index is 13.5. The van der Waals surface area contributed by atoms with E-state index in [1.807, 2.05) is 11.9 Å². The Morgan fingerprint density at radius 3 is 2.40 bits per heavy atom. The molecule has 0 spiro atoms. The second-order valence-electron chi connectivity index (χ2n) is 4.01. The third-order valence-corrected chi connectivity index (χ3v) is 2.99. The van der Waals surface area contributed by atoms with Crippen LogP contribution in [0.4, 0.5) is 8.78 Å². The zero-order valence-corrected chi connectivity index (χ0v) is 8.58. The van der Waals surface area contributed by atoms with Crippen LogP contribution in [0, 0.1) is 11.6 Å². The Hall–Kier alpha value is -1.00. The summed E-state index contributed by atoms with van der Waals surface area (Å²) < 4.78 is 27.1. The molecular weight excluding hydrogens is 198 g/mol. The second kappa shape index (κ2) is 3.87. The molecule has 2 nitrogen and oxygen atoms in total. The van der Waals surface area contributed by atoms with Crippen LogP contribution in [-0.2, 0) is 0 Å². The summed E-state index contributed by atoms with van der Waals surface area (Å²) in [6, 6.07) is 3.39. The highest BCUT2D eigenvalue weighted by Gasteiger charge is 2.34. The molecule has 0 radical (unpaired) electrons. The van der Waals surface area contributed by atoms with E-state index in [2.05, 4.69) is 0 Å². The van der Waals surface area contributed by atoms with Gasteiger partial charge in [-0.1, -0.05) is 6.07 Å². The molecule has 0 aromatic heterocycles. The Balaban J connectivity index is 2.44. The first-order chi connectivity index (χ1) is 7.11. The molecule has 0 aliphatic carbocycles. The Kier molecular flexibility index (Phi) is 2.71. The van der Waals surface area contributed by atoms with Gasteiger partial charge in [0.05, 0.1) is 6.04 Å². The number of likely N-dealkylation sites (tertiary alicyclic amines) is 1. The molecule has 2 N–H and O–H groups in total. The van der Waals surface area contributed by atoms with E-state index in [4.69, 9.17) is 5.73 Å². The van der Waals surface area contributed by atoms with Crippen LogP contribution < -0.4 is 5.73 Å². The molecule has 1 aliphatic heterocycles. The van der Waals surface area contributed by atoms with Crippen LogP contribution in [-0.4, -0.2) is 24.5 Å². The first-order valence-electron chi connectivity index (χ1n) is 5.01. The first kappa shape index (κ1) is 10.5. The van der Waals surface area contributed by atoms with Crippen molar-refractivity contribution < 1.29 is 8.78 Å². The Bertz CT molecular complexity index is 337. The summed E-state index contributed by atoms with van der Waals surface area (Å²) in [5.74, 6) is -1.02. The fourth-order valence-corrected chi connectivity index (χ4v) is 2.20. The Morgan fingerprint density at radius 1 is 1.33 bits per heavy atom. The molecule has 1 aliphatic rings. The molecule has 1 aromatic carbocycles. The fourth-order valence-electron chi connectivity index (χ4n) is 2.20. The van der Waals surface area contributed by atoms with E-state index in [0.717, 1.165) is 13.0 Å². The van der Waals surface area contributed by atoms with Crippen LogP contribution in [0.15, 0.2) is 18.2 Å². The van der Waals surface area contributed by atoms with Gasteiger partial charge in [-0.25, -0.2) is 8.78 Å². The van der Waals surface area contributed by atoms with Gasteiger partial charge in [0, 0.05) is 18.2 Å². The van der Waals surface area contributed by atoms with Crippen molar-refractivity contribution in [2.75, 3.05) is 13.6 Å². The number of benzene rings is 1. The molecular formula is C11H14F2N2. The fraction of sp³-hybridized carbons (Fsp3) is 0.455. The van der Waals surface area contributed by atoms with Gasteiger partial charge in [0.25, 0.3) is 0 Å². The monoisotopic (exact) mass is 212 g/mol. The van der Waals surface area contributed by atoms with Crippen LogP contribution in [0.2, 0.25) is 0 Å². The van der Waals surface area contributed by atoms with Gasteiger partial charge in [-0.2, -0.15) is 0 Å². The molecule has 2 atom stereocenters. The van der Waals surface area contributed by atoms with E-state index in [9.17, 15) is 8.78 Å². The van der Waals surface area contributed by atoms with Crippen molar-refractivity contribution in [2.24, 2.45) is 5.73 Å². The minimum Gasteiger partial charge on any atom is -0.326 e. The molecule has 1 saturated heterocycles. The summed E-state index contributed by atoms with van der Waals surface area (Å²) in [6.07, 6.45) is 0.773. The number of nitrogens with zero attached hydrogens (tertiary/aromatic N) is 1. The van der Waals surface area contributed by atoms with E-state index in [-0.39, 0.29) is 17.6 Å². The van der Waals surface area contributed by atoms with E-state index in [1.54, 1.807) is 0 Å². The third kappa shape index (κ3) is 1.75. The zero-order chi connectivity index (χ0) is 11.0. The lowest BCUT2D eigenvalue weighted by Gasteiger charge is -2.23. The van der Waals surface area contributed by atoms with Gasteiger partial charge in [-0.15, -0.1) is 0 Å². The van der Waals surface area contributed by atoms with Gasteiger partial charge in [-0.3, -0.25) is 4.90 Å². The molecule has 1 heterocycles. The lowest BCUT2D eigenvalue weighted by atomic mass is 10.00. The van der Waals surface area contributed by atoms with Crippen LogP contribution in [0.25, 0.3) is 0 Å². The summed E-state index contributed by atoms with van der Waals surface area (Å²) in [4.78, 5) is 1.90. The van der Waals surface area contributed by atoms with E-state index in [1.165, 1.54) is 18.2 Å². The minimum absolute atomic E-state index is 0.102. The number of rotatable bonds is 1. The van der Waals surface area contributed by atoms with Gasteiger partial charge >= 0.3 is 0 Å². The summed E-state index contributed by atoms with van der Waals surface area (Å²) in [5.41, 5.74) is 5.97. The van der Waals surface area contributed by atoms with Gasteiger partial charge in [-0.05, 0) is 25.6 Å². The molecule has 0 bridgehead atoms. The maximum Gasteiger partial charge on any atom is 0.130 e. The van der Waals surface area contributed by atoms with Gasteiger partial charge in [0.1, 0.15) is 11.6 Å². The van der Waals surface area contributed by atoms with Gasteiger partial charge < -0.3 is 5.73 Å². The number of halogens is 2. The van der Waals surface area contributed by atoms with Crippen molar-refractivity contribution in [2.45, 2.75) is 18.5 Å². The van der Waals surface area contributed by atoms with Crippen molar-refractivity contribution in [3.8, 4) is 0 Å². The van der Waals surface area contributed by atoms with Crippen molar-refractivity contribution in [3.05, 3.63) is 35.4 Å². The standard InChI is InChI=1S/C11H14F2N2/c1-15-6-5-9(14)11(15)10-7(12)3-2-4-8(10)13/h2-4,9,11H,5-6,14H2,1H3. The topological polar surface area (TPSA) is 29.3 Å². The first-order valence-corrected chi connectivity index (χ1v) is 5.01. The lowest BCUT2D eigenvalue weighted by molar-refractivity contribution is 0.288. The SMILES string of the molecule is CN1CCC(N)C1c1c(F)cccc1F. The highest BCUT2D eigenvalue weighted by Crippen LogP contribution is 2.32.